The van der Waals surface area contributed by atoms with E-state index in [-0.39, 0.29) is 19.1 Å². The van der Waals surface area contributed by atoms with Crippen LogP contribution < -0.4 is 10.6 Å². The van der Waals surface area contributed by atoms with Gasteiger partial charge in [-0.25, -0.2) is 4.79 Å². The van der Waals surface area contributed by atoms with Gasteiger partial charge in [-0.05, 0) is 71.2 Å². The Bertz CT molecular complexity index is 690. The summed E-state index contributed by atoms with van der Waals surface area (Å²) in [5.41, 5.74) is 1.95. The van der Waals surface area contributed by atoms with Gasteiger partial charge in [-0.15, -0.1) is 0 Å². The van der Waals surface area contributed by atoms with E-state index in [1.165, 1.54) is 24.0 Å². The monoisotopic (exact) mass is 420 g/mol. The van der Waals surface area contributed by atoms with Crippen LogP contribution in [0.25, 0.3) is 0 Å². The van der Waals surface area contributed by atoms with Crippen LogP contribution in [0, 0.1) is 0 Å². The fraction of sp³-hybridized carbons (Fsp3) is 0.682. The van der Waals surface area contributed by atoms with E-state index in [4.69, 9.17) is 9.47 Å². The number of amides is 2. The Morgan fingerprint density at radius 3 is 2.73 bits per heavy atom. The maximum atomic E-state index is 11.8. The second kappa shape index (κ2) is 11.9. The van der Waals surface area contributed by atoms with Gasteiger partial charge >= 0.3 is 6.09 Å². The van der Waals surface area contributed by atoms with Gasteiger partial charge in [0.05, 0.1) is 6.61 Å². The van der Waals surface area contributed by atoms with Crippen molar-refractivity contribution in [3.8, 4) is 0 Å². The number of likely N-dealkylation sites (tertiary alicyclic amines) is 1. The molecule has 1 fully saturated rings. The molecule has 2 heterocycles. The van der Waals surface area contributed by atoms with Gasteiger partial charge in [0.1, 0.15) is 12.2 Å². The van der Waals surface area contributed by atoms with Crippen LogP contribution in [0.15, 0.2) is 18.5 Å². The quantitative estimate of drug-likeness (QED) is 0.565. The van der Waals surface area contributed by atoms with Crippen molar-refractivity contribution in [3.05, 3.63) is 29.6 Å². The van der Waals surface area contributed by atoms with E-state index in [1.54, 1.807) is 20.8 Å². The topological polar surface area (TPSA) is 92.8 Å². The number of aromatic nitrogens is 1. The Morgan fingerprint density at radius 1 is 1.23 bits per heavy atom. The molecule has 0 radical (unpaired) electrons. The Labute approximate surface area is 179 Å². The third kappa shape index (κ3) is 9.09. The molecule has 0 saturated carbocycles. The zero-order chi connectivity index (χ0) is 22.0. The molecule has 0 spiro atoms. The van der Waals surface area contributed by atoms with Gasteiger partial charge in [-0.3, -0.25) is 14.7 Å². The summed E-state index contributed by atoms with van der Waals surface area (Å²) in [5, 5.41) is 5.44. The van der Waals surface area contributed by atoms with Crippen molar-refractivity contribution in [1.29, 1.82) is 0 Å². The summed E-state index contributed by atoms with van der Waals surface area (Å²) in [5.74, 6) is -0.160. The van der Waals surface area contributed by atoms with Gasteiger partial charge in [0.25, 0.3) is 0 Å². The van der Waals surface area contributed by atoms with E-state index in [0.29, 0.717) is 19.1 Å². The molecule has 0 aliphatic carbocycles. The van der Waals surface area contributed by atoms with Gasteiger partial charge in [0.15, 0.2) is 0 Å². The molecule has 168 valence electrons. The maximum absolute atomic E-state index is 11.8. The predicted octanol–water partition coefficient (Wildman–Crippen LogP) is 2.44. The van der Waals surface area contributed by atoms with Crippen molar-refractivity contribution in [2.45, 2.75) is 58.1 Å². The summed E-state index contributed by atoms with van der Waals surface area (Å²) in [6.07, 6.45) is 7.51. The lowest BCUT2D eigenvalue weighted by molar-refractivity contribution is -0.125. The highest BCUT2D eigenvalue weighted by Gasteiger charge is 2.22. The van der Waals surface area contributed by atoms with Crippen LogP contribution in [0.1, 0.15) is 57.2 Å². The minimum atomic E-state index is -0.533. The molecule has 8 heteroatoms. The van der Waals surface area contributed by atoms with Crippen LogP contribution in [-0.2, 0) is 20.7 Å². The molecule has 1 aromatic heterocycles. The molecule has 30 heavy (non-hydrogen) atoms. The number of pyridine rings is 1. The van der Waals surface area contributed by atoms with Crippen LogP contribution in [0.5, 0.6) is 0 Å². The highest BCUT2D eigenvalue weighted by molar-refractivity contribution is 5.77. The summed E-state index contributed by atoms with van der Waals surface area (Å²) in [6, 6.07) is 2.71. The van der Waals surface area contributed by atoms with Crippen molar-refractivity contribution < 1.29 is 19.1 Å². The Kier molecular flexibility index (Phi) is 9.52. The second-order valence-electron chi connectivity index (χ2n) is 8.70. The summed E-state index contributed by atoms with van der Waals surface area (Å²) in [4.78, 5) is 30.1. The normalized spacial score (nSPS) is 17.0. The molecule has 2 amide bonds. The number of nitrogens with zero attached hydrogens (tertiary/aromatic N) is 2. The molecule has 2 rings (SSSR count). The number of hydrogen-bond acceptors (Lipinski definition) is 6. The average Bonchev–Trinajstić information content (AvgIpc) is 3.10. The van der Waals surface area contributed by atoms with Crippen LogP contribution in [0.2, 0.25) is 0 Å². The largest absolute Gasteiger partial charge is 0.444 e. The molecule has 1 aromatic rings. The number of nitrogens with one attached hydrogen (secondary N) is 2. The molecule has 0 aromatic carbocycles. The molecular formula is C22H36N4O4. The third-order valence-corrected chi connectivity index (χ3v) is 4.83. The van der Waals surface area contributed by atoms with E-state index in [0.717, 1.165) is 19.4 Å². The lowest BCUT2D eigenvalue weighted by Crippen LogP contribution is -2.35. The molecule has 0 unspecified atom stereocenters. The first kappa shape index (κ1) is 24.1. The van der Waals surface area contributed by atoms with Gasteiger partial charge in [-0.2, -0.15) is 0 Å². The van der Waals surface area contributed by atoms with Gasteiger partial charge in [-0.1, -0.05) is 6.07 Å². The zero-order valence-corrected chi connectivity index (χ0v) is 18.7. The zero-order valence-electron chi connectivity index (χ0n) is 18.7. The molecular weight excluding hydrogens is 384 g/mol. The molecule has 8 nitrogen and oxygen atoms in total. The minimum absolute atomic E-state index is 0.0267. The first-order valence-electron chi connectivity index (χ1n) is 10.7. The fourth-order valence-corrected chi connectivity index (χ4v) is 3.43. The average molecular weight is 421 g/mol. The highest BCUT2D eigenvalue weighted by atomic mass is 16.6. The number of ether oxygens (including phenoxy) is 2. The van der Waals surface area contributed by atoms with Gasteiger partial charge in [0.2, 0.25) is 5.91 Å². The molecule has 2 N–H and O–H groups in total. The van der Waals surface area contributed by atoms with Crippen molar-refractivity contribution in [3.63, 3.8) is 0 Å². The summed E-state index contributed by atoms with van der Waals surface area (Å²) < 4.78 is 10.4. The van der Waals surface area contributed by atoms with Crippen molar-refractivity contribution in [2.24, 2.45) is 0 Å². The number of alkyl carbamates (subject to hydrolysis) is 1. The van der Waals surface area contributed by atoms with Gasteiger partial charge in [0, 0.05) is 31.5 Å². The number of carbonyl (C=O) groups excluding carboxylic acids is 2. The summed E-state index contributed by atoms with van der Waals surface area (Å²) in [6.45, 7) is 7.65. The Hall–Kier alpha value is -2.19. The van der Waals surface area contributed by atoms with E-state index in [2.05, 4.69) is 33.6 Å². The lowest BCUT2D eigenvalue weighted by Gasteiger charge is -2.19. The molecule has 1 aliphatic heterocycles. The Morgan fingerprint density at radius 2 is 2.03 bits per heavy atom. The number of carbonyl (C=O) groups is 2. The van der Waals surface area contributed by atoms with E-state index >= 15 is 0 Å². The summed E-state index contributed by atoms with van der Waals surface area (Å²) >= 11 is 0. The summed E-state index contributed by atoms with van der Waals surface area (Å²) in [7, 11) is 2.16. The number of aryl methyl sites for hydroxylation is 1. The first-order chi connectivity index (χ1) is 14.2. The minimum Gasteiger partial charge on any atom is -0.444 e. The smallest absolute Gasteiger partial charge is 0.407 e. The van der Waals surface area contributed by atoms with E-state index in [9.17, 15) is 9.59 Å². The van der Waals surface area contributed by atoms with Crippen LogP contribution >= 0.6 is 0 Å². The van der Waals surface area contributed by atoms with Crippen LogP contribution in [0.4, 0.5) is 4.79 Å². The molecule has 1 saturated heterocycles. The van der Waals surface area contributed by atoms with Crippen molar-refractivity contribution in [2.75, 3.05) is 39.9 Å². The van der Waals surface area contributed by atoms with Crippen LogP contribution in [0.3, 0.4) is 0 Å². The number of hydrogen-bond donors (Lipinski definition) is 2. The third-order valence-electron chi connectivity index (χ3n) is 4.83. The second-order valence-corrected chi connectivity index (χ2v) is 8.70. The standard InChI is InChI=1S/C22H36N4O4/c1-22(2,3)30-21(28)25-10-12-29-16-20(27)24-9-5-7-17-13-18(15-23-14-17)19-8-6-11-26(19)4/h13-15,19H,5-12,16H2,1-4H3,(H,24,27)(H,25,28)/t19-/m0/s1. The Balaban J connectivity index is 1.55. The SMILES string of the molecule is CN1CCC[C@H]1c1cncc(CCCNC(=O)COCCNC(=O)OC(C)(C)C)c1. The molecule has 1 aliphatic rings. The molecule has 0 bridgehead atoms. The van der Waals surface area contributed by atoms with E-state index in [1.807, 2.05) is 12.4 Å². The predicted molar refractivity (Wildman–Crippen MR) is 115 cm³/mol. The van der Waals surface area contributed by atoms with Crippen molar-refractivity contribution >= 4 is 12.0 Å². The van der Waals surface area contributed by atoms with Gasteiger partial charge < -0.3 is 20.1 Å². The number of rotatable bonds is 10. The fourth-order valence-electron chi connectivity index (χ4n) is 3.43. The van der Waals surface area contributed by atoms with E-state index < -0.39 is 11.7 Å². The molecule has 1 atom stereocenters. The highest BCUT2D eigenvalue weighted by Crippen LogP contribution is 2.30. The lowest BCUT2D eigenvalue weighted by atomic mass is 10.0. The first-order valence-corrected chi connectivity index (χ1v) is 10.7. The van der Waals surface area contributed by atoms with Crippen molar-refractivity contribution in [1.82, 2.24) is 20.5 Å². The maximum Gasteiger partial charge on any atom is 0.407 e. The van der Waals surface area contributed by atoms with Crippen LogP contribution in [-0.4, -0.2) is 67.4 Å².